The van der Waals surface area contributed by atoms with Gasteiger partial charge < -0.3 is 25.6 Å². The molecule has 1 aromatic carbocycles. The monoisotopic (exact) mass is 395 g/mol. The number of anilines is 4. The molecular formula is C22H29N5O2. The number of pyridine rings is 1. The van der Waals surface area contributed by atoms with Gasteiger partial charge in [0.25, 0.3) is 0 Å². The summed E-state index contributed by atoms with van der Waals surface area (Å²) in [5.41, 5.74) is 2.84. The van der Waals surface area contributed by atoms with Gasteiger partial charge in [0.15, 0.2) is 0 Å². The zero-order valence-corrected chi connectivity index (χ0v) is 16.7. The van der Waals surface area contributed by atoms with E-state index in [1.54, 1.807) is 6.20 Å². The van der Waals surface area contributed by atoms with Gasteiger partial charge in [0.05, 0.1) is 36.5 Å². The zero-order chi connectivity index (χ0) is 19.9. The summed E-state index contributed by atoms with van der Waals surface area (Å²) in [5.74, 6) is 0.740. The molecule has 7 heteroatoms. The number of carbonyl (C=O) groups excluding carboxylic acids is 1. The lowest BCUT2D eigenvalue weighted by atomic mass is 9.96. The van der Waals surface area contributed by atoms with Crippen molar-refractivity contribution in [1.82, 2.24) is 10.3 Å². The fourth-order valence-electron chi connectivity index (χ4n) is 3.94. The van der Waals surface area contributed by atoms with Crippen LogP contribution in [0.4, 0.5) is 27.7 Å². The number of ether oxygens (including phenoxy) is 1. The van der Waals surface area contributed by atoms with Crippen LogP contribution in [0.15, 0.2) is 42.6 Å². The zero-order valence-electron chi connectivity index (χ0n) is 16.7. The van der Waals surface area contributed by atoms with Crippen LogP contribution in [0.1, 0.15) is 32.1 Å². The minimum atomic E-state index is -0.155. The van der Waals surface area contributed by atoms with Gasteiger partial charge in [0.1, 0.15) is 5.82 Å². The van der Waals surface area contributed by atoms with Gasteiger partial charge in [-0.1, -0.05) is 31.4 Å². The summed E-state index contributed by atoms with van der Waals surface area (Å²) in [6.45, 7) is 3.25. The Hall–Kier alpha value is -2.80. The van der Waals surface area contributed by atoms with Gasteiger partial charge in [-0.3, -0.25) is 0 Å². The molecule has 0 radical (unpaired) electrons. The summed E-state index contributed by atoms with van der Waals surface area (Å²) in [6.07, 6.45) is 7.47. The maximum atomic E-state index is 12.2. The van der Waals surface area contributed by atoms with Crippen molar-refractivity contribution in [3.05, 3.63) is 42.6 Å². The Balaban J connectivity index is 1.35. The predicted molar refractivity (Wildman–Crippen MR) is 116 cm³/mol. The molecule has 0 spiro atoms. The van der Waals surface area contributed by atoms with Gasteiger partial charge in [-0.2, -0.15) is 0 Å². The number of carbonyl (C=O) groups is 1. The molecule has 2 aliphatic rings. The van der Waals surface area contributed by atoms with Crippen LogP contribution in [0.2, 0.25) is 0 Å². The van der Waals surface area contributed by atoms with Gasteiger partial charge in [-0.05, 0) is 37.1 Å². The SMILES string of the molecule is O=C(Nc1ccc(Nc2ccccc2N2CCOCC2)nc1)NC1CCCCC1. The maximum absolute atomic E-state index is 12.2. The lowest BCUT2D eigenvalue weighted by molar-refractivity contribution is 0.123. The number of benzene rings is 1. The summed E-state index contributed by atoms with van der Waals surface area (Å²) < 4.78 is 5.46. The Bertz CT molecular complexity index is 799. The highest BCUT2D eigenvalue weighted by molar-refractivity contribution is 5.89. The van der Waals surface area contributed by atoms with E-state index in [9.17, 15) is 4.79 Å². The average molecular weight is 396 g/mol. The maximum Gasteiger partial charge on any atom is 0.319 e. The van der Waals surface area contributed by atoms with Crippen LogP contribution in [-0.2, 0) is 4.74 Å². The number of aromatic nitrogens is 1. The summed E-state index contributed by atoms with van der Waals surface area (Å²) in [6, 6.07) is 12.1. The Morgan fingerprint density at radius 3 is 2.59 bits per heavy atom. The van der Waals surface area contributed by atoms with Crippen LogP contribution in [-0.4, -0.2) is 43.4 Å². The summed E-state index contributed by atoms with van der Waals surface area (Å²) in [4.78, 5) is 19.0. The molecule has 1 saturated carbocycles. The van der Waals surface area contributed by atoms with Crippen molar-refractivity contribution < 1.29 is 9.53 Å². The van der Waals surface area contributed by atoms with Crippen LogP contribution in [0.25, 0.3) is 0 Å². The minimum absolute atomic E-state index is 0.155. The van der Waals surface area contributed by atoms with Crippen LogP contribution < -0.4 is 20.9 Å². The van der Waals surface area contributed by atoms with E-state index in [1.165, 1.54) is 19.3 Å². The topological polar surface area (TPSA) is 78.5 Å². The Kier molecular flexibility index (Phi) is 6.46. The molecule has 1 saturated heterocycles. The van der Waals surface area contributed by atoms with Crippen molar-refractivity contribution in [2.75, 3.05) is 41.8 Å². The normalized spacial score (nSPS) is 17.6. The Morgan fingerprint density at radius 1 is 1.03 bits per heavy atom. The molecule has 154 valence electrons. The number of hydrogen-bond donors (Lipinski definition) is 3. The minimum Gasteiger partial charge on any atom is -0.378 e. The molecule has 29 heavy (non-hydrogen) atoms. The van der Waals surface area contributed by atoms with Gasteiger partial charge in [-0.15, -0.1) is 0 Å². The molecule has 3 N–H and O–H groups in total. The van der Waals surface area contributed by atoms with Crippen molar-refractivity contribution >= 4 is 28.9 Å². The van der Waals surface area contributed by atoms with Crippen LogP contribution >= 0.6 is 0 Å². The number of nitrogens with one attached hydrogen (secondary N) is 3. The molecule has 1 aliphatic heterocycles. The van der Waals surface area contributed by atoms with Crippen molar-refractivity contribution in [3.63, 3.8) is 0 Å². The summed E-state index contributed by atoms with van der Waals surface area (Å²) in [5, 5.41) is 9.33. The average Bonchev–Trinajstić information content (AvgIpc) is 2.77. The van der Waals surface area contributed by atoms with Crippen molar-refractivity contribution in [2.24, 2.45) is 0 Å². The fourth-order valence-corrected chi connectivity index (χ4v) is 3.94. The van der Waals surface area contributed by atoms with E-state index in [0.717, 1.165) is 56.3 Å². The van der Waals surface area contributed by atoms with Gasteiger partial charge in [0.2, 0.25) is 0 Å². The lowest BCUT2D eigenvalue weighted by Gasteiger charge is -2.30. The van der Waals surface area contributed by atoms with Crippen molar-refractivity contribution in [1.29, 1.82) is 0 Å². The Labute approximate surface area is 171 Å². The number of amides is 2. The quantitative estimate of drug-likeness (QED) is 0.710. The smallest absolute Gasteiger partial charge is 0.319 e. The van der Waals surface area contributed by atoms with E-state index < -0.39 is 0 Å². The van der Waals surface area contributed by atoms with Crippen LogP contribution in [0.5, 0.6) is 0 Å². The number of urea groups is 1. The molecule has 0 bridgehead atoms. The number of rotatable bonds is 5. The first kappa shape index (κ1) is 19.5. The number of para-hydroxylation sites is 2. The third-order valence-electron chi connectivity index (χ3n) is 5.48. The second kappa shape index (κ2) is 9.60. The highest BCUT2D eigenvalue weighted by atomic mass is 16.5. The van der Waals surface area contributed by atoms with Gasteiger partial charge in [0, 0.05) is 19.1 Å². The van der Waals surface area contributed by atoms with E-state index >= 15 is 0 Å². The number of nitrogens with zero attached hydrogens (tertiary/aromatic N) is 2. The van der Waals surface area contributed by atoms with E-state index in [4.69, 9.17) is 4.74 Å². The van der Waals surface area contributed by atoms with E-state index in [-0.39, 0.29) is 12.1 Å². The first-order chi connectivity index (χ1) is 14.3. The van der Waals surface area contributed by atoms with Gasteiger partial charge in [-0.25, -0.2) is 9.78 Å². The third-order valence-corrected chi connectivity index (χ3v) is 5.48. The standard InChI is InChI=1S/C22H29N5O2/c28-22(24-17-6-2-1-3-7-17)25-18-10-11-21(23-16-18)26-19-8-4-5-9-20(19)27-12-14-29-15-13-27/h4-5,8-11,16-17H,1-3,6-7,12-15H2,(H,23,26)(H2,24,25,28). The number of morpholine rings is 1. The molecule has 1 aromatic heterocycles. The lowest BCUT2D eigenvalue weighted by Crippen LogP contribution is -2.39. The first-order valence-electron chi connectivity index (χ1n) is 10.5. The van der Waals surface area contributed by atoms with Crippen LogP contribution in [0, 0.1) is 0 Å². The molecular weight excluding hydrogens is 366 g/mol. The molecule has 0 unspecified atom stereocenters. The van der Waals surface area contributed by atoms with E-state index in [0.29, 0.717) is 5.69 Å². The molecule has 2 heterocycles. The second-order valence-electron chi connectivity index (χ2n) is 7.61. The van der Waals surface area contributed by atoms with Gasteiger partial charge >= 0.3 is 6.03 Å². The second-order valence-corrected chi connectivity index (χ2v) is 7.61. The summed E-state index contributed by atoms with van der Waals surface area (Å²) in [7, 11) is 0. The predicted octanol–water partition coefficient (Wildman–Crippen LogP) is 4.12. The highest BCUT2D eigenvalue weighted by Gasteiger charge is 2.16. The number of hydrogen-bond acceptors (Lipinski definition) is 5. The highest BCUT2D eigenvalue weighted by Crippen LogP contribution is 2.29. The largest absolute Gasteiger partial charge is 0.378 e. The summed E-state index contributed by atoms with van der Waals surface area (Å²) >= 11 is 0. The van der Waals surface area contributed by atoms with Crippen LogP contribution in [0.3, 0.4) is 0 Å². The molecule has 7 nitrogen and oxygen atoms in total. The Morgan fingerprint density at radius 2 is 1.83 bits per heavy atom. The molecule has 2 aromatic rings. The molecule has 0 atom stereocenters. The molecule has 2 amide bonds. The van der Waals surface area contributed by atoms with Crippen molar-refractivity contribution in [2.45, 2.75) is 38.1 Å². The van der Waals surface area contributed by atoms with E-state index in [2.05, 4.69) is 38.0 Å². The van der Waals surface area contributed by atoms with Crippen molar-refractivity contribution in [3.8, 4) is 0 Å². The third kappa shape index (κ3) is 5.38. The molecule has 2 fully saturated rings. The fraction of sp³-hybridized carbons (Fsp3) is 0.455. The molecule has 4 rings (SSSR count). The van der Waals surface area contributed by atoms with E-state index in [1.807, 2.05) is 24.3 Å². The first-order valence-corrected chi connectivity index (χ1v) is 10.5. The molecule has 1 aliphatic carbocycles.